The molecule has 1 N–H and O–H groups in total. The van der Waals surface area contributed by atoms with Gasteiger partial charge in [-0.15, -0.1) is 0 Å². The summed E-state index contributed by atoms with van der Waals surface area (Å²) in [6.45, 7) is 8.62. The molecule has 10 heteroatoms. The van der Waals surface area contributed by atoms with Gasteiger partial charge in [0.15, 0.2) is 11.3 Å². The van der Waals surface area contributed by atoms with Crippen molar-refractivity contribution in [2.45, 2.75) is 95.0 Å². The minimum absolute atomic E-state index is 0.0508. The van der Waals surface area contributed by atoms with E-state index >= 15 is 0 Å². The van der Waals surface area contributed by atoms with Gasteiger partial charge in [0.2, 0.25) is 0 Å². The largest absolute Gasteiger partial charge is 0.452 e. The Hall–Kier alpha value is -3.73. The number of piperidine rings is 1. The summed E-state index contributed by atoms with van der Waals surface area (Å²) in [6, 6.07) is 18.4. The summed E-state index contributed by atoms with van der Waals surface area (Å²) in [4.78, 5) is 27.0. The van der Waals surface area contributed by atoms with Gasteiger partial charge in [0.05, 0.1) is 31.2 Å². The van der Waals surface area contributed by atoms with Gasteiger partial charge in [-0.1, -0.05) is 80.6 Å². The lowest BCUT2D eigenvalue weighted by atomic mass is 9.47. The average molecular weight is 706 g/mol. The van der Waals surface area contributed by atoms with Gasteiger partial charge >= 0.3 is 12.1 Å². The number of ether oxygens (including phenoxy) is 3. The molecule has 7 rings (SSSR count). The highest BCUT2D eigenvalue weighted by atomic mass is 19.4. The first kappa shape index (κ1) is 35.7. The second kappa shape index (κ2) is 13.0. The van der Waals surface area contributed by atoms with Crippen LogP contribution in [0.4, 0.5) is 13.2 Å². The van der Waals surface area contributed by atoms with Crippen molar-refractivity contribution in [2.24, 2.45) is 11.3 Å². The van der Waals surface area contributed by atoms with E-state index in [4.69, 9.17) is 14.2 Å². The molecule has 7 nitrogen and oxygen atoms in total. The molecule has 2 aromatic carbocycles. The molecule has 1 saturated carbocycles. The summed E-state index contributed by atoms with van der Waals surface area (Å²) in [5.41, 5.74) is -1.20. The molecule has 2 aliphatic heterocycles. The molecule has 272 valence electrons. The average Bonchev–Trinajstić information content (AvgIpc) is 3.44. The van der Waals surface area contributed by atoms with Crippen molar-refractivity contribution in [1.82, 2.24) is 5.32 Å². The Morgan fingerprint density at radius 2 is 1.78 bits per heavy atom. The molecule has 5 aliphatic rings. The van der Waals surface area contributed by atoms with Crippen LogP contribution in [0.2, 0.25) is 0 Å². The molecule has 0 aromatic heterocycles. The third-order valence-electron chi connectivity index (χ3n) is 12.2. The number of benzene rings is 2. The number of likely N-dealkylation sites (tertiary alicyclic amines) is 1. The van der Waals surface area contributed by atoms with Crippen LogP contribution in [0, 0.1) is 11.3 Å². The third kappa shape index (κ3) is 5.78. The Labute approximate surface area is 298 Å². The molecule has 2 aromatic rings. The highest BCUT2D eigenvalue weighted by Gasteiger charge is 2.79. The van der Waals surface area contributed by atoms with Gasteiger partial charge in [0.1, 0.15) is 17.7 Å². The minimum atomic E-state index is -4.93. The summed E-state index contributed by atoms with van der Waals surface area (Å²) < 4.78 is 63.9. The second-order valence-electron chi connectivity index (χ2n) is 15.5. The molecule has 4 unspecified atom stereocenters. The van der Waals surface area contributed by atoms with E-state index in [2.05, 4.69) is 43.4 Å². The molecular weight excluding hydrogens is 657 g/mol. The number of hydrogen-bond acceptors (Lipinski definition) is 5. The number of methoxy groups -OCH3 is 1. The van der Waals surface area contributed by atoms with Gasteiger partial charge in [0, 0.05) is 39.2 Å². The second-order valence-corrected chi connectivity index (χ2v) is 15.5. The van der Waals surface area contributed by atoms with Gasteiger partial charge < -0.3 is 24.0 Å². The van der Waals surface area contributed by atoms with Crippen molar-refractivity contribution < 1.29 is 41.5 Å². The van der Waals surface area contributed by atoms with Gasteiger partial charge in [0.25, 0.3) is 5.91 Å². The van der Waals surface area contributed by atoms with E-state index in [1.807, 2.05) is 12.1 Å². The number of nitrogens with zero attached hydrogens (tertiary/aromatic N) is 1. The first-order chi connectivity index (χ1) is 24.3. The number of halogens is 3. The number of nitrogens with one attached hydrogen (secondary N) is 1. The monoisotopic (exact) mass is 705 g/mol. The molecule has 1 spiro atoms. The van der Waals surface area contributed by atoms with Crippen molar-refractivity contribution in [3.05, 3.63) is 101 Å². The Morgan fingerprint density at radius 3 is 2.43 bits per heavy atom. The summed E-state index contributed by atoms with van der Waals surface area (Å²) in [7, 11) is 1.38. The first-order valence-electron chi connectivity index (χ1n) is 18.2. The smallest absolute Gasteiger partial charge is 0.421 e. The number of carbonyl (C=O) groups excluding carboxylic acids is 2. The summed E-state index contributed by atoms with van der Waals surface area (Å²) in [5, 5.41) is 2.65. The van der Waals surface area contributed by atoms with Crippen LogP contribution in [-0.2, 0) is 30.2 Å². The Morgan fingerprint density at radius 1 is 1.08 bits per heavy atom. The van der Waals surface area contributed by atoms with Gasteiger partial charge in [-0.25, -0.2) is 0 Å². The number of rotatable bonds is 10. The Bertz CT molecular complexity index is 1760. The maximum Gasteiger partial charge on any atom is 0.421 e. The van der Waals surface area contributed by atoms with E-state index in [1.54, 1.807) is 24.3 Å². The predicted octanol–water partition coefficient (Wildman–Crippen LogP) is 7.09. The number of hydrogen-bond donors (Lipinski definition) is 1. The van der Waals surface area contributed by atoms with E-state index in [0.29, 0.717) is 31.6 Å². The molecular formula is C41H48F3N2O5+. The zero-order valence-electron chi connectivity index (χ0n) is 29.8. The molecule has 1 amide bonds. The van der Waals surface area contributed by atoms with Crippen LogP contribution >= 0.6 is 0 Å². The van der Waals surface area contributed by atoms with Crippen molar-refractivity contribution in [3.63, 3.8) is 0 Å². The third-order valence-corrected chi connectivity index (χ3v) is 12.2. The standard InChI is InChI=1S/C41H47F3N2O5/c1-27(2)26-46(22-18-29-12-7-5-8-13-29)23-21-38-34-16-11-19-39(38,51-28(3)47)33(46)25-31-17-20-40(49-4,36(50-34)35(31)38)45-37(48)32(41(42,43)44)24-30-14-9-6-10-15-30/h5-10,12-15,17,20,24,27,33-34,36H,11,16,18-19,21-23,25-26H2,1-4H3/p+1/t33-,34+,36?,38-,39?,40?,46?/m1/s1. The van der Waals surface area contributed by atoms with E-state index in [0.717, 1.165) is 54.2 Å². The van der Waals surface area contributed by atoms with E-state index in [1.165, 1.54) is 31.7 Å². The van der Waals surface area contributed by atoms with E-state index < -0.39 is 40.5 Å². The number of esters is 1. The lowest BCUT2D eigenvalue weighted by Crippen LogP contribution is -2.80. The summed E-state index contributed by atoms with van der Waals surface area (Å²) in [5.74, 6) is -1.27. The van der Waals surface area contributed by atoms with Crippen LogP contribution in [0.3, 0.4) is 0 Å². The van der Waals surface area contributed by atoms with Gasteiger partial charge in [-0.05, 0) is 53.7 Å². The van der Waals surface area contributed by atoms with Gasteiger partial charge in [-0.3, -0.25) is 9.59 Å². The van der Waals surface area contributed by atoms with Crippen LogP contribution in [0.15, 0.2) is 89.5 Å². The lowest BCUT2D eigenvalue weighted by Gasteiger charge is -2.67. The van der Waals surface area contributed by atoms with Crippen molar-refractivity contribution in [1.29, 1.82) is 0 Å². The number of quaternary nitrogens is 1. The highest BCUT2D eigenvalue weighted by molar-refractivity contribution is 5.99. The molecule has 3 aliphatic carbocycles. The van der Waals surface area contributed by atoms with Crippen molar-refractivity contribution >= 4 is 18.0 Å². The normalized spacial score (nSPS) is 34.0. The zero-order valence-corrected chi connectivity index (χ0v) is 29.8. The summed E-state index contributed by atoms with van der Waals surface area (Å²) in [6.07, 6.45) is 2.55. The van der Waals surface area contributed by atoms with Crippen LogP contribution < -0.4 is 5.32 Å². The topological polar surface area (TPSA) is 73.9 Å². The molecule has 0 radical (unpaired) electrons. The molecule has 2 heterocycles. The fraction of sp³-hybridized carbons (Fsp3) is 0.512. The van der Waals surface area contributed by atoms with Crippen molar-refractivity contribution in [3.8, 4) is 0 Å². The van der Waals surface area contributed by atoms with E-state index in [9.17, 15) is 22.8 Å². The molecule has 2 bridgehead atoms. The van der Waals surface area contributed by atoms with Crippen LogP contribution in [0.5, 0.6) is 0 Å². The fourth-order valence-corrected chi connectivity index (χ4v) is 10.6. The molecule has 7 atom stereocenters. The highest BCUT2D eigenvalue weighted by Crippen LogP contribution is 2.70. The maximum atomic E-state index is 14.5. The minimum Gasteiger partial charge on any atom is -0.452 e. The lowest BCUT2D eigenvalue weighted by molar-refractivity contribution is -0.969. The first-order valence-corrected chi connectivity index (χ1v) is 18.2. The Balaban J connectivity index is 1.32. The zero-order chi connectivity index (χ0) is 36.2. The van der Waals surface area contributed by atoms with Gasteiger partial charge in [-0.2, -0.15) is 13.2 Å². The quantitative estimate of drug-likeness (QED) is 0.124. The maximum absolute atomic E-state index is 14.5. The number of carbonyl (C=O) groups is 2. The fourth-order valence-electron chi connectivity index (χ4n) is 10.6. The van der Waals surface area contributed by atoms with E-state index in [-0.39, 0.29) is 23.7 Å². The Kier molecular flexibility index (Phi) is 9.12. The SMILES string of the molecule is COC1(NC(=O)C(=Cc2ccccc2)C(F)(F)F)C=CC2=C3C1O[C@H]1CCCC4(OC(C)=O)[C@@H](C2)[N+](CCc2ccccc2)(CC(C)C)CC[C@]314. The van der Waals surface area contributed by atoms with Crippen LogP contribution in [0.1, 0.15) is 64.0 Å². The molecule has 3 fully saturated rings. The predicted molar refractivity (Wildman–Crippen MR) is 187 cm³/mol. The number of alkyl halides is 3. The molecule has 2 saturated heterocycles. The number of allylic oxidation sites excluding steroid dienone is 1. The molecule has 51 heavy (non-hydrogen) atoms. The summed E-state index contributed by atoms with van der Waals surface area (Å²) >= 11 is 0. The van der Waals surface area contributed by atoms with Crippen LogP contribution in [0.25, 0.3) is 6.08 Å². The van der Waals surface area contributed by atoms with Crippen LogP contribution in [-0.4, -0.2) is 78.9 Å². The van der Waals surface area contributed by atoms with Crippen molar-refractivity contribution in [2.75, 3.05) is 26.7 Å². The number of amides is 1.